The summed E-state index contributed by atoms with van der Waals surface area (Å²) < 4.78 is 4.60. The van der Waals surface area contributed by atoms with Crippen LogP contribution in [0.4, 0.5) is 0 Å². The number of carbonyl (C=O) groups is 1. The molecule has 0 aromatic carbocycles. The van der Waals surface area contributed by atoms with Crippen molar-refractivity contribution in [1.29, 1.82) is 0 Å². The number of hydrogen-bond acceptors (Lipinski definition) is 6. The summed E-state index contributed by atoms with van der Waals surface area (Å²) in [7, 11) is 0. The Morgan fingerprint density at radius 1 is 1.65 bits per heavy atom. The summed E-state index contributed by atoms with van der Waals surface area (Å²) in [6, 6.07) is 1.52. The van der Waals surface area contributed by atoms with Gasteiger partial charge in [0, 0.05) is 17.2 Å². The number of rotatable bonds is 5. The van der Waals surface area contributed by atoms with Gasteiger partial charge in [0.1, 0.15) is 11.3 Å². The molecule has 2 heterocycles. The number of amides is 1. The monoisotopic (exact) mass is 269 g/mol. The molecule has 90 valence electrons. The van der Waals surface area contributed by atoms with Crippen LogP contribution < -0.4 is 5.32 Å². The van der Waals surface area contributed by atoms with Crippen molar-refractivity contribution in [2.45, 2.75) is 12.3 Å². The van der Waals surface area contributed by atoms with Gasteiger partial charge in [-0.15, -0.1) is 11.3 Å². The standard InChI is InChI=1S/C10H11N3O2S2/c1-16-6-9-12-7(5-17-9)4-11-10(14)8-2-3-15-13-8/h2-3,5H,4,6H2,1H3,(H,11,14). The van der Waals surface area contributed by atoms with Crippen molar-refractivity contribution in [2.24, 2.45) is 0 Å². The fourth-order valence-corrected chi connectivity index (χ4v) is 2.73. The zero-order valence-electron chi connectivity index (χ0n) is 9.17. The van der Waals surface area contributed by atoms with E-state index >= 15 is 0 Å². The number of thiazole rings is 1. The number of hydrogen-bond donors (Lipinski definition) is 1. The highest BCUT2D eigenvalue weighted by Crippen LogP contribution is 2.14. The van der Waals surface area contributed by atoms with E-state index < -0.39 is 0 Å². The number of nitrogens with one attached hydrogen (secondary N) is 1. The lowest BCUT2D eigenvalue weighted by Crippen LogP contribution is -2.23. The summed E-state index contributed by atoms with van der Waals surface area (Å²) >= 11 is 3.33. The fourth-order valence-electron chi connectivity index (χ4n) is 1.21. The van der Waals surface area contributed by atoms with Gasteiger partial charge in [0.2, 0.25) is 0 Å². The third-order valence-corrected chi connectivity index (χ3v) is 3.61. The average molecular weight is 269 g/mol. The van der Waals surface area contributed by atoms with Crippen molar-refractivity contribution < 1.29 is 9.32 Å². The maximum atomic E-state index is 11.5. The summed E-state index contributed by atoms with van der Waals surface area (Å²) in [6.45, 7) is 0.413. The zero-order chi connectivity index (χ0) is 12.1. The number of aromatic nitrogens is 2. The van der Waals surface area contributed by atoms with Gasteiger partial charge in [-0.05, 0) is 6.26 Å². The van der Waals surface area contributed by atoms with Gasteiger partial charge in [-0.1, -0.05) is 5.16 Å². The molecule has 0 aliphatic carbocycles. The quantitative estimate of drug-likeness (QED) is 0.898. The first-order valence-electron chi connectivity index (χ1n) is 4.90. The van der Waals surface area contributed by atoms with Crippen molar-refractivity contribution in [3.8, 4) is 0 Å². The summed E-state index contributed by atoms with van der Waals surface area (Å²) in [4.78, 5) is 15.9. The SMILES string of the molecule is CSCc1nc(CNC(=O)c2ccon2)cs1. The summed E-state index contributed by atoms with van der Waals surface area (Å²) in [5.41, 5.74) is 1.15. The molecule has 0 saturated carbocycles. The number of carbonyl (C=O) groups excluding carboxylic acids is 1. The summed E-state index contributed by atoms with van der Waals surface area (Å²) in [6.07, 6.45) is 3.40. The molecule has 0 atom stereocenters. The van der Waals surface area contributed by atoms with Gasteiger partial charge < -0.3 is 9.84 Å². The number of nitrogens with zero attached hydrogens (tertiary/aromatic N) is 2. The van der Waals surface area contributed by atoms with Crippen LogP contribution in [0.2, 0.25) is 0 Å². The van der Waals surface area contributed by atoms with Gasteiger partial charge >= 0.3 is 0 Å². The molecule has 2 rings (SSSR count). The van der Waals surface area contributed by atoms with E-state index in [0.717, 1.165) is 16.5 Å². The minimum Gasteiger partial charge on any atom is -0.364 e. The van der Waals surface area contributed by atoms with Crippen molar-refractivity contribution in [2.75, 3.05) is 6.26 Å². The molecular formula is C10H11N3O2S2. The predicted molar refractivity (Wildman–Crippen MR) is 67.0 cm³/mol. The Bertz CT molecular complexity index is 481. The van der Waals surface area contributed by atoms with E-state index in [4.69, 9.17) is 0 Å². The molecule has 17 heavy (non-hydrogen) atoms. The van der Waals surface area contributed by atoms with Crippen LogP contribution in [0.25, 0.3) is 0 Å². The summed E-state index contributed by atoms with van der Waals surface area (Å²) in [5.74, 6) is 0.653. The molecule has 1 N–H and O–H groups in total. The van der Waals surface area contributed by atoms with E-state index in [2.05, 4.69) is 20.0 Å². The van der Waals surface area contributed by atoms with Gasteiger partial charge in [0.25, 0.3) is 5.91 Å². The van der Waals surface area contributed by atoms with E-state index in [9.17, 15) is 4.79 Å². The molecule has 1 amide bonds. The average Bonchev–Trinajstić information content (AvgIpc) is 2.97. The predicted octanol–water partition coefficient (Wildman–Crippen LogP) is 1.92. The second-order valence-corrected chi connectivity index (χ2v) is 5.04. The Hall–Kier alpha value is -1.34. The Morgan fingerprint density at radius 3 is 3.24 bits per heavy atom. The van der Waals surface area contributed by atoms with E-state index in [1.54, 1.807) is 23.1 Å². The maximum Gasteiger partial charge on any atom is 0.273 e. The molecule has 5 nitrogen and oxygen atoms in total. The molecule has 0 radical (unpaired) electrons. The highest BCUT2D eigenvalue weighted by Gasteiger charge is 2.09. The van der Waals surface area contributed by atoms with Gasteiger partial charge in [0.05, 0.1) is 12.2 Å². The van der Waals surface area contributed by atoms with Crippen LogP contribution in [0.1, 0.15) is 21.2 Å². The van der Waals surface area contributed by atoms with Crippen molar-refractivity contribution >= 4 is 29.0 Å². The third kappa shape index (κ3) is 3.31. The third-order valence-electron chi connectivity index (χ3n) is 1.97. The van der Waals surface area contributed by atoms with Gasteiger partial charge in [0.15, 0.2) is 5.69 Å². The molecule has 0 aliphatic rings. The lowest BCUT2D eigenvalue weighted by Gasteiger charge is -1.98. The molecule has 2 aromatic rings. The van der Waals surface area contributed by atoms with Crippen LogP contribution in [-0.2, 0) is 12.3 Å². The largest absolute Gasteiger partial charge is 0.364 e. The minimum atomic E-state index is -0.252. The second kappa shape index (κ2) is 5.83. The van der Waals surface area contributed by atoms with Gasteiger partial charge in [-0.3, -0.25) is 4.79 Å². The smallest absolute Gasteiger partial charge is 0.273 e. The van der Waals surface area contributed by atoms with E-state index in [1.807, 2.05) is 11.6 Å². The maximum absolute atomic E-state index is 11.5. The topological polar surface area (TPSA) is 68.0 Å². The van der Waals surface area contributed by atoms with Gasteiger partial charge in [-0.25, -0.2) is 4.98 Å². The molecule has 7 heteroatoms. The first-order valence-corrected chi connectivity index (χ1v) is 7.17. The molecule has 0 aliphatic heterocycles. The minimum absolute atomic E-state index is 0.252. The first-order chi connectivity index (χ1) is 8.29. The number of thioether (sulfide) groups is 1. The van der Waals surface area contributed by atoms with Crippen molar-refractivity contribution in [3.05, 3.63) is 34.1 Å². The normalized spacial score (nSPS) is 10.4. The molecule has 0 unspecified atom stereocenters. The Kier molecular flexibility index (Phi) is 4.16. The molecule has 2 aromatic heterocycles. The summed E-state index contributed by atoms with van der Waals surface area (Å²) in [5, 5.41) is 9.31. The lowest BCUT2D eigenvalue weighted by atomic mass is 10.4. The zero-order valence-corrected chi connectivity index (χ0v) is 10.8. The van der Waals surface area contributed by atoms with Crippen molar-refractivity contribution in [3.63, 3.8) is 0 Å². The molecule has 0 fully saturated rings. The Balaban J connectivity index is 1.87. The van der Waals surface area contributed by atoms with Crippen LogP contribution >= 0.6 is 23.1 Å². The molecule has 0 spiro atoms. The molecule has 0 saturated heterocycles. The first kappa shape index (κ1) is 12.1. The molecule has 0 bridgehead atoms. The van der Waals surface area contributed by atoms with E-state index in [1.165, 1.54) is 12.3 Å². The van der Waals surface area contributed by atoms with E-state index in [-0.39, 0.29) is 11.6 Å². The van der Waals surface area contributed by atoms with Crippen molar-refractivity contribution in [1.82, 2.24) is 15.5 Å². The van der Waals surface area contributed by atoms with Crippen LogP contribution in [0.3, 0.4) is 0 Å². The Morgan fingerprint density at radius 2 is 2.53 bits per heavy atom. The van der Waals surface area contributed by atoms with Crippen LogP contribution in [0, 0.1) is 0 Å². The lowest BCUT2D eigenvalue weighted by molar-refractivity contribution is 0.0941. The molecular weight excluding hydrogens is 258 g/mol. The fraction of sp³-hybridized carbons (Fsp3) is 0.300. The highest BCUT2D eigenvalue weighted by atomic mass is 32.2. The van der Waals surface area contributed by atoms with Crippen LogP contribution in [0.5, 0.6) is 0 Å². The highest BCUT2D eigenvalue weighted by molar-refractivity contribution is 7.97. The van der Waals surface area contributed by atoms with E-state index in [0.29, 0.717) is 6.54 Å². The Labute approximate surface area is 107 Å². The van der Waals surface area contributed by atoms with Gasteiger partial charge in [-0.2, -0.15) is 11.8 Å². The van der Waals surface area contributed by atoms with Crippen LogP contribution in [0.15, 0.2) is 22.2 Å². The van der Waals surface area contributed by atoms with Crippen LogP contribution in [-0.4, -0.2) is 22.3 Å². The second-order valence-electron chi connectivity index (χ2n) is 3.23.